The van der Waals surface area contributed by atoms with Gasteiger partial charge in [-0.15, -0.1) is 0 Å². The molecular weight excluding hydrogens is 259 g/mol. The van der Waals surface area contributed by atoms with Crippen LogP contribution in [0.15, 0.2) is 24.3 Å². The van der Waals surface area contributed by atoms with E-state index in [0.717, 1.165) is 0 Å². The Labute approximate surface area is 109 Å². The fraction of sp³-hybridized carbons (Fsp3) is 0.462. The number of hydrogen-bond acceptors (Lipinski definition) is 2. The molecule has 0 unspecified atom stereocenters. The number of alkyl halides is 3. The standard InChI is InChI=1S/C13H16F3NO2/c1-17(9-7-13(14,15)16)8-6-10-4-2-3-5-11(10)12(18)19/h2-5H,6-9H2,1H3,(H,18,19). The second-order valence-corrected chi connectivity index (χ2v) is 4.38. The molecule has 0 fully saturated rings. The van der Waals surface area contributed by atoms with E-state index < -0.39 is 18.6 Å². The lowest BCUT2D eigenvalue weighted by Crippen LogP contribution is -2.26. The molecule has 0 saturated carbocycles. The average molecular weight is 275 g/mol. The number of aromatic carboxylic acids is 1. The predicted octanol–water partition coefficient (Wildman–Crippen LogP) is 2.81. The van der Waals surface area contributed by atoms with Crippen molar-refractivity contribution >= 4 is 5.97 Å². The largest absolute Gasteiger partial charge is 0.478 e. The summed E-state index contributed by atoms with van der Waals surface area (Å²) < 4.78 is 36.1. The SMILES string of the molecule is CN(CCc1ccccc1C(=O)O)CCC(F)(F)F. The molecule has 0 aliphatic carbocycles. The topological polar surface area (TPSA) is 40.5 Å². The van der Waals surface area contributed by atoms with Gasteiger partial charge in [-0.05, 0) is 25.1 Å². The molecule has 0 amide bonds. The number of benzene rings is 1. The number of likely N-dealkylation sites (N-methyl/N-ethyl adjacent to an activating group) is 1. The van der Waals surface area contributed by atoms with Gasteiger partial charge in [0.25, 0.3) is 0 Å². The summed E-state index contributed by atoms with van der Waals surface area (Å²) in [6.45, 7) is 0.305. The summed E-state index contributed by atoms with van der Waals surface area (Å²) in [6.07, 6.45) is -4.60. The van der Waals surface area contributed by atoms with Crippen molar-refractivity contribution in [1.29, 1.82) is 0 Å². The van der Waals surface area contributed by atoms with Gasteiger partial charge in [-0.1, -0.05) is 18.2 Å². The van der Waals surface area contributed by atoms with E-state index >= 15 is 0 Å². The maximum absolute atomic E-state index is 12.0. The van der Waals surface area contributed by atoms with Crippen molar-refractivity contribution in [2.75, 3.05) is 20.1 Å². The summed E-state index contributed by atoms with van der Waals surface area (Å²) in [5.41, 5.74) is 0.834. The van der Waals surface area contributed by atoms with Crippen LogP contribution in [0.1, 0.15) is 22.3 Å². The number of hydrogen-bond donors (Lipinski definition) is 1. The summed E-state index contributed by atoms with van der Waals surface area (Å²) in [4.78, 5) is 12.5. The van der Waals surface area contributed by atoms with E-state index in [0.29, 0.717) is 18.5 Å². The molecule has 0 bridgehead atoms. The Bertz CT molecular complexity index is 432. The maximum atomic E-state index is 12.0. The highest BCUT2D eigenvalue weighted by Gasteiger charge is 2.26. The minimum atomic E-state index is -4.16. The number of carbonyl (C=O) groups is 1. The summed E-state index contributed by atoms with van der Waals surface area (Å²) in [5, 5.41) is 8.98. The fourth-order valence-corrected chi connectivity index (χ4v) is 1.69. The van der Waals surface area contributed by atoms with Crippen molar-refractivity contribution in [3.63, 3.8) is 0 Å². The molecule has 6 heteroatoms. The van der Waals surface area contributed by atoms with Gasteiger partial charge in [0.2, 0.25) is 0 Å². The average Bonchev–Trinajstić information content (AvgIpc) is 2.33. The number of carboxylic acid groups (broad SMARTS) is 1. The zero-order chi connectivity index (χ0) is 14.5. The Morgan fingerprint density at radius 2 is 1.89 bits per heavy atom. The van der Waals surface area contributed by atoms with Crippen molar-refractivity contribution in [1.82, 2.24) is 4.90 Å². The van der Waals surface area contributed by atoms with Crippen LogP contribution in [-0.2, 0) is 6.42 Å². The predicted molar refractivity (Wildman–Crippen MR) is 65.3 cm³/mol. The molecule has 0 aromatic heterocycles. The minimum absolute atomic E-state index is 0.0846. The molecular formula is C13H16F3NO2. The highest BCUT2D eigenvalue weighted by atomic mass is 19.4. The van der Waals surface area contributed by atoms with Crippen LogP contribution >= 0.6 is 0 Å². The van der Waals surface area contributed by atoms with Crippen LogP contribution in [0, 0.1) is 0 Å². The van der Waals surface area contributed by atoms with Gasteiger partial charge >= 0.3 is 12.1 Å². The quantitative estimate of drug-likeness (QED) is 0.868. The fourth-order valence-electron chi connectivity index (χ4n) is 1.69. The zero-order valence-corrected chi connectivity index (χ0v) is 10.6. The van der Waals surface area contributed by atoms with Crippen molar-refractivity contribution in [2.45, 2.75) is 19.0 Å². The van der Waals surface area contributed by atoms with Crippen molar-refractivity contribution < 1.29 is 23.1 Å². The van der Waals surface area contributed by atoms with Crippen LogP contribution in [-0.4, -0.2) is 42.3 Å². The first-order valence-corrected chi connectivity index (χ1v) is 5.86. The Balaban J connectivity index is 2.51. The lowest BCUT2D eigenvalue weighted by molar-refractivity contribution is -0.137. The first-order valence-electron chi connectivity index (χ1n) is 5.86. The van der Waals surface area contributed by atoms with E-state index in [2.05, 4.69) is 0 Å². The normalized spacial score (nSPS) is 11.8. The third-order valence-electron chi connectivity index (χ3n) is 2.79. The van der Waals surface area contributed by atoms with E-state index in [1.54, 1.807) is 30.1 Å². The first-order chi connectivity index (χ1) is 8.79. The second kappa shape index (κ2) is 6.56. The van der Waals surface area contributed by atoms with Gasteiger partial charge in [0.05, 0.1) is 12.0 Å². The van der Waals surface area contributed by atoms with Gasteiger partial charge in [0.15, 0.2) is 0 Å². The Morgan fingerprint density at radius 1 is 1.26 bits per heavy atom. The smallest absolute Gasteiger partial charge is 0.390 e. The van der Waals surface area contributed by atoms with Crippen LogP contribution in [0.4, 0.5) is 13.2 Å². The first kappa shape index (κ1) is 15.5. The lowest BCUT2D eigenvalue weighted by atomic mass is 10.0. The molecule has 3 nitrogen and oxygen atoms in total. The maximum Gasteiger partial charge on any atom is 0.390 e. The van der Waals surface area contributed by atoms with Gasteiger partial charge in [-0.25, -0.2) is 4.79 Å². The molecule has 0 spiro atoms. The van der Waals surface area contributed by atoms with Crippen LogP contribution in [0.3, 0.4) is 0 Å². The van der Waals surface area contributed by atoms with Crippen molar-refractivity contribution in [3.05, 3.63) is 35.4 Å². The molecule has 1 N–H and O–H groups in total. The Kier molecular flexibility index (Phi) is 5.35. The third-order valence-corrected chi connectivity index (χ3v) is 2.79. The zero-order valence-electron chi connectivity index (χ0n) is 10.6. The highest BCUT2D eigenvalue weighted by molar-refractivity contribution is 5.89. The van der Waals surface area contributed by atoms with Gasteiger partial charge in [0.1, 0.15) is 0 Å². The van der Waals surface area contributed by atoms with Gasteiger partial charge in [-0.3, -0.25) is 0 Å². The number of rotatable bonds is 6. The van der Waals surface area contributed by atoms with E-state index in [1.165, 1.54) is 6.07 Å². The molecule has 0 aliphatic heterocycles. The number of carboxylic acids is 1. The summed E-state index contributed by atoms with van der Waals surface area (Å²) in [6, 6.07) is 6.52. The van der Waals surface area contributed by atoms with Crippen LogP contribution in [0.5, 0.6) is 0 Å². The van der Waals surface area contributed by atoms with Gasteiger partial charge < -0.3 is 10.0 Å². The van der Waals surface area contributed by atoms with Crippen molar-refractivity contribution in [2.24, 2.45) is 0 Å². The number of halogens is 3. The minimum Gasteiger partial charge on any atom is -0.478 e. The molecule has 0 saturated heterocycles. The second-order valence-electron chi connectivity index (χ2n) is 4.38. The van der Waals surface area contributed by atoms with Gasteiger partial charge in [-0.2, -0.15) is 13.2 Å². The van der Waals surface area contributed by atoms with Crippen LogP contribution < -0.4 is 0 Å². The van der Waals surface area contributed by atoms with Crippen molar-refractivity contribution in [3.8, 4) is 0 Å². The summed E-state index contributed by atoms with van der Waals surface area (Å²) >= 11 is 0. The molecule has 1 aromatic rings. The summed E-state index contributed by atoms with van der Waals surface area (Å²) in [5.74, 6) is -1.02. The number of nitrogens with zero attached hydrogens (tertiary/aromatic N) is 1. The summed E-state index contributed by atoms with van der Waals surface area (Å²) in [7, 11) is 1.59. The van der Waals surface area contributed by atoms with E-state index in [1.807, 2.05) is 0 Å². The van der Waals surface area contributed by atoms with Crippen LogP contribution in [0.25, 0.3) is 0 Å². The highest BCUT2D eigenvalue weighted by Crippen LogP contribution is 2.19. The third kappa shape index (κ3) is 5.74. The molecule has 1 rings (SSSR count). The van der Waals surface area contributed by atoms with E-state index in [9.17, 15) is 18.0 Å². The molecule has 19 heavy (non-hydrogen) atoms. The monoisotopic (exact) mass is 275 g/mol. The Morgan fingerprint density at radius 3 is 2.47 bits per heavy atom. The van der Waals surface area contributed by atoms with Gasteiger partial charge in [0, 0.05) is 13.1 Å². The molecule has 0 aliphatic rings. The molecule has 1 aromatic carbocycles. The molecule has 0 heterocycles. The Hall–Kier alpha value is -1.56. The van der Waals surface area contributed by atoms with Crippen LogP contribution in [0.2, 0.25) is 0 Å². The van der Waals surface area contributed by atoms with E-state index in [4.69, 9.17) is 5.11 Å². The van der Waals surface area contributed by atoms with E-state index in [-0.39, 0.29) is 12.1 Å². The lowest BCUT2D eigenvalue weighted by Gasteiger charge is -2.18. The molecule has 0 radical (unpaired) electrons. The molecule has 0 atom stereocenters. The molecule has 106 valence electrons.